The molecule has 0 unspecified atom stereocenters. The normalized spacial score (nSPS) is 15.2. The van der Waals surface area contributed by atoms with E-state index in [0.717, 1.165) is 43.3 Å². The molecule has 2 N–H and O–H groups in total. The Balaban J connectivity index is 1.64. The van der Waals surface area contributed by atoms with E-state index in [-0.39, 0.29) is 5.75 Å². The van der Waals surface area contributed by atoms with Gasteiger partial charge in [-0.05, 0) is 30.3 Å². The standard InChI is InChI=1S/C19H23ClN2O3/c1-24-17-10-14(11-18(25-2)19(17)23)13-21-6-8-22(9-7-21)16-5-3-4-15(20)12-16/h3-5,10-12,23H,6-9,13H2,1-2H3/p+1. The van der Waals surface area contributed by atoms with Crippen LogP contribution in [-0.2, 0) is 6.54 Å². The van der Waals surface area contributed by atoms with Gasteiger partial charge in [-0.3, -0.25) is 0 Å². The lowest BCUT2D eigenvalue weighted by Crippen LogP contribution is -3.13. The van der Waals surface area contributed by atoms with Crippen LogP contribution in [0.4, 0.5) is 5.69 Å². The molecule has 0 amide bonds. The zero-order chi connectivity index (χ0) is 17.8. The average Bonchev–Trinajstić information content (AvgIpc) is 2.63. The van der Waals surface area contributed by atoms with Crippen LogP contribution in [0.3, 0.4) is 0 Å². The maximum absolute atomic E-state index is 10.0. The van der Waals surface area contributed by atoms with Crippen LogP contribution < -0.4 is 19.3 Å². The highest BCUT2D eigenvalue weighted by molar-refractivity contribution is 6.30. The second-order valence-electron chi connectivity index (χ2n) is 6.24. The molecule has 1 aliphatic rings. The maximum Gasteiger partial charge on any atom is 0.200 e. The van der Waals surface area contributed by atoms with Gasteiger partial charge in [0.05, 0.1) is 40.4 Å². The van der Waals surface area contributed by atoms with Crippen molar-refractivity contribution >= 4 is 17.3 Å². The highest BCUT2D eigenvalue weighted by Crippen LogP contribution is 2.36. The van der Waals surface area contributed by atoms with Gasteiger partial charge >= 0.3 is 0 Å². The minimum Gasteiger partial charge on any atom is -0.502 e. The minimum atomic E-state index is 0.0505. The van der Waals surface area contributed by atoms with Crippen molar-refractivity contribution in [1.82, 2.24) is 0 Å². The number of piperazine rings is 1. The van der Waals surface area contributed by atoms with Gasteiger partial charge in [0.2, 0.25) is 5.75 Å². The van der Waals surface area contributed by atoms with Crippen molar-refractivity contribution in [1.29, 1.82) is 0 Å². The summed E-state index contributed by atoms with van der Waals surface area (Å²) in [7, 11) is 3.10. The predicted octanol–water partition coefficient (Wildman–Crippen LogP) is 1.97. The number of hydrogen-bond acceptors (Lipinski definition) is 4. The summed E-state index contributed by atoms with van der Waals surface area (Å²) in [6.07, 6.45) is 0. The Morgan fingerprint density at radius 2 is 1.72 bits per heavy atom. The first-order chi connectivity index (χ1) is 12.1. The Labute approximate surface area is 153 Å². The van der Waals surface area contributed by atoms with E-state index in [9.17, 15) is 5.11 Å². The summed E-state index contributed by atoms with van der Waals surface area (Å²) in [5, 5.41) is 10.8. The first kappa shape index (κ1) is 17.7. The lowest BCUT2D eigenvalue weighted by atomic mass is 10.1. The molecule has 1 aliphatic heterocycles. The van der Waals surface area contributed by atoms with Crippen LogP contribution in [-0.4, -0.2) is 45.5 Å². The molecule has 6 heteroatoms. The van der Waals surface area contributed by atoms with Crippen molar-refractivity contribution in [2.24, 2.45) is 0 Å². The molecule has 0 atom stereocenters. The van der Waals surface area contributed by atoms with Crippen LogP contribution >= 0.6 is 11.6 Å². The fourth-order valence-corrected chi connectivity index (χ4v) is 3.45. The van der Waals surface area contributed by atoms with E-state index in [0.29, 0.717) is 11.5 Å². The fraction of sp³-hybridized carbons (Fsp3) is 0.368. The Bertz CT molecular complexity index is 705. The number of halogens is 1. The molecular formula is C19H24ClN2O3+. The van der Waals surface area contributed by atoms with Crippen molar-refractivity contribution < 1.29 is 19.5 Å². The van der Waals surface area contributed by atoms with Crippen molar-refractivity contribution in [2.45, 2.75) is 6.54 Å². The Kier molecular flexibility index (Phi) is 5.56. The molecule has 0 bridgehead atoms. The quantitative estimate of drug-likeness (QED) is 0.852. The lowest BCUT2D eigenvalue weighted by Gasteiger charge is -2.33. The second-order valence-corrected chi connectivity index (χ2v) is 6.68. The molecule has 1 heterocycles. The number of benzene rings is 2. The number of anilines is 1. The van der Waals surface area contributed by atoms with E-state index in [1.165, 1.54) is 10.6 Å². The average molecular weight is 364 g/mol. The van der Waals surface area contributed by atoms with Gasteiger partial charge in [-0.1, -0.05) is 17.7 Å². The molecule has 0 spiro atoms. The summed E-state index contributed by atoms with van der Waals surface area (Å²) in [5.41, 5.74) is 2.28. The van der Waals surface area contributed by atoms with E-state index < -0.39 is 0 Å². The van der Waals surface area contributed by atoms with E-state index >= 15 is 0 Å². The minimum absolute atomic E-state index is 0.0505. The first-order valence-corrected chi connectivity index (χ1v) is 8.76. The second kappa shape index (κ2) is 7.85. The van der Waals surface area contributed by atoms with Crippen molar-refractivity contribution in [3.8, 4) is 17.2 Å². The molecule has 3 rings (SSSR count). The highest BCUT2D eigenvalue weighted by Gasteiger charge is 2.22. The Hall–Kier alpha value is -2.11. The zero-order valence-corrected chi connectivity index (χ0v) is 15.3. The van der Waals surface area contributed by atoms with Gasteiger partial charge < -0.3 is 24.4 Å². The summed E-state index contributed by atoms with van der Waals surface area (Å²) in [5.74, 6) is 0.951. The molecule has 0 aromatic heterocycles. The molecule has 0 saturated carbocycles. The van der Waals surface area contributed by atoms with Crippen molar-refractivity contribution in [3.05, 3.63) is 47.0 Å². The van der Waals surface area contributed by atoms with E-state index in [2.05, 4.69) is 11.0 Å². The monoisotopic (exact) mass is 363 g/mol. The molecule has 2 aromatic rings. The van der Waals surface area contributed by atoms with E-state index in [4.69, 9.17) is 21.1 Å². The fourth-order valence-electron chi connectivity index (χ4n) is 3.27. The summed E-state index contributed by atoms with van der Waals surface area (Å²) in [6.45, 7) is 4.93. The number of phenols is 1. The molecule has 0 radical (unpaired) electrons. The van der Waals surface area contributed by atoms with E-state index in [1.807, 2.05) is 30.3 Å². The van der Waals surface area contributed by atoms with Gasteiger partial charge in [-0.15, -0.1) is 0 Å². The molecule has 134 valence electrons. The topological polar surface area (TPSA) is 46.4 Å². The molecule has 2 aromatic carbocycles. The van der Waals surface area contributed by atoms with Crippen LogP contribution in [0.5, 0.6) is 17.2 Å². The zero-order valence-electron chi connectivity index (χ0n) is 14.6. The number of methoxy groups -OCH3 is 2. The van der Waals surface area contributed by atoms with Crippen LogP contribution in [0.1, 0.15) is 5.56 Å². The number of nitrogens with zero attached hydrogens (tertiary/aromatic N) is 1. The SMILES string of the molecule is COc1cc(C[NH+]2CCN(c3cccc(Cl)c3)CC2)cc(OC)c1O. The van der Waals surface area contributed by atoms with Crippen LogP contribution in [0.2, 0.25) is 5.02 Å². The largest absolute Gasteiger partial charge is 0.502 e. The van der Waals surface area contributed by atoms with Gasteiger partial charge in [0.15, 0.2) is 11.5 Å². The third kappa shape index (κ3) is 4.11. The van der Waals surface area contributed by atoms with Crippen LogP contribution in [0.15, 0.2) is 36.4 Å². The molecule has 5 nitrogen and oxygen atoms in total. The highest BCUT2D eigenvalue weighted by atomic mass is 35.5. The lowest BCUT2D eigenvalue weighted by molar-refractivity contribution is -0.914. The summed E-state index contributed by atoms with van der Waals surface area (Å²) >= 11 is 6.09. The van der Waals surface area contributed by atoms with Gasteiger partial charge in [0.1, 0.15) is 6.54 Å². The smallest absolute Gasteiger partial charge is 0.200 e. The number of hydrogen-bond donors (Lipinski definition) is 2. The van der Waals surface area contributed by atoms with Gasteiger partial charge in [-0.25, -0.2) is 0 Å². The van der Waals surface area contributed by atoms with Crippen molar-refractivity contribution in [3.63, 3.8) is 0 Å². The molecule has 1 fully saturated rings. The number of nitrogens with one attached hydrogen (secondary N) is 1. The molecule has 25 heavy (non-hydrogen) atoms. The number of phenolic OH excluding ortho intramolecular Hbond substituents is 1. The first-order valence-electron chi connectivity index (χ1n) is 8.38. The maximum atomic E-state index is 10.0. The molecular weight excluding hydrogens is 340 g/mol. The third-order valence-corrected chi connectivity index (χ3v) is 4.87. The van der Waals surface area contributed by atoms with Crippen LogP contribution in [0.25, 0.3) is 0 Å². The number of quaternary nitrogens is 1. The molecule has 0 aliphatic carbocycles. The third-order valence-electron chi connectivity index (χ3n) is 4.64. The Morgan fingerprint density at radius 3 is 2.28 bits per heavy atom. The predicted molar refractivity (Wildman–Crippen MR) is 99.3 cm³/mol. The number of rotatable bonds is 5. The van der Waals surface area contributed by atoms with Gasteiger partial charge in [0.25, 0.3) is 0 Å². The van der Waals surface area contributed by atoms with Crippen LogP contribution in [0, 0.1) is 0 Å². The van der Waals surface area contributed by atoms with Crippen molar-refractivity contribution in [2.75, 3.05) is 45.3 Å². The summed E-state index contributed by atoms with van der Waals surface area (Å²) < 4.78 is 10.5. The van der Waals surface area contributed by atoms with Gasteiger partial charge in [0, 0.05) is 16.3 Å². The number of aromatic hydroxyl groups is 1. The van der Waals surface area contributed by atoms with Gasteiger partial charge in [-0.2, -0.15) is 0 Å². The Morgan fingerprint density at radius 1 is 1.08 bits per heavy atom. The summed E-state index contributed by atoms with van der Waals surface area (Å²) in [4.78, 5) is 3.86. The van der Waals surface area contributed by atoms with E-state index in [1.54, 1.807) is 14.2 Å². The summed E-state index contributed by atoms with van der Waals surface area (Å²) in [6, 6.07) is 11.8. The molecule has 1 saturated heterocycles. The number of ether oxygens (including phenoxy) is 2.